The summed E-state index contributed by atoms with van der Waals surface area (Å²) < 4.78 is 47.4. The standard InChI is InChI=1S/C7H6F2N2O3S/c8-4-2-5(9)6(15(11,13)14)1-3(4)7(10)12/h1-2H,(H2,10,12)(H2,11,13,14). The first-order valence-electron chi connectivity index (χ1n) is 3.55. The van der Waals surface area contributed by atoms with Crippen LogP contribution in [0.25, 0.3) is 0 Å². The Hall–Kier alpha value is -1.54. The normalized spacial score (nSPS) is 11.4. The fraction of sp³-hybridized carbons (Fsp3) is 0. The second-order valence-corrected chi connectivity index (χ2v) is 4.20. The first-order valence-corrected chi connectivity index (χ1v) is 5.09. The highest BCUT2D eigenvalue weighted by Gasteiger charge is 2.20. The van der Waals surface area contributed by atoms with Gasteiger partial charge in [-0.2, -0.15) is 0 Å². The van der Waals surface area contributed by atoms with Crippen LogP contribution in [0.1, 0.15) is 10.4 Å². The number of hydrogen-bond donors (Lipinski definition) is 2. The average molecular weight is 236 g/mol. The number of hydrogen-bond acceptors (Lipinski definition) is 3. The summed E-state index contributed by atoms with van der Waals surface area (Å²) in [6.07, 6.45) is 0. The van der Waals surface area contributed by atoms with Gasteiger partial charge >= 0.3 is 0 Å². The Kier molecular flexibility index (Phi) is 2.73. The lowest BCUT2D eigenvalue weighted by atomic mass is 10.2. The maximum Gasteiger partial charge on any atom is 0.251 e. The molecule has 0 saturated carbocycles. The average Bonchev–Trinajstić information content (AvgIpc) is 2.00. The van der Waals surface area contributed by atoms with Gasteiger partial charge in [-0.3, -0.25) is 4.79 Å². The lowest BCUT2D eigenvalue weighted by Crippen LogP contribution is -2.18. The van der Waals surface area contributed by atoms with Crippen LogP contribution >= 0.6 is 0 Å². The SMILES string of the molecule is NC(=O)c1cc(S(N)(=O)=O)c(F)cc1F. The Bertz CT molecular complexity index is 527. The molecular formula is C7H6F2N2O3S. The second-order valence-electron chi connectivity index (χ2n) is 2.67. The van der Waals surface area contributed by atoms with Gasteiger partial charge in [0, 0.05) is 6.07 Å². The van der Waals surface area contributed by atoms with Crippen LogP contribution in [0.15, 0.2) is 17.0 Å². The van der Waals surface area contributed by atoms with Gasteiger partial charge < -0.3 is 5.73 Å². The fourth-order valence-electron chi connectivity index (χ4n) is 0.936. The summed E-state index contributed by atoms with van der Waals surface area (Å²) in [5.74, 6) is -3.83. The zero-order valence-corrected chi connectivity index (χ0v) is 8.01. The summed E-state index contributed by atoms with van der Waals surface area (Å²) in [5.41, 5.74) is 4.00. The maximum atomic E-state index is 12.9. The van der Waals surface area contributed by atoms with Crippen molar-refractivity contribution >= 4 is 15.9 Å². The third-order valence-corrected chi connectivity index (χ3v) is 2.52. The smallest absolute Gasteiger partial charge is 0.251 e. The molecular weight excluding hydrogens is 230 g/mol. The van der Waals surface area contributed by atoms with Crippen molar-refractivity contribution in [1.82, 2.24) is 0 Å². The molecule has 0 aliphatic rings. The quantitative estimate of drug-likeness (QED) is 0.737. The van der Waals surface area contributed by atoms with Crippen LogP contribution in [0, 0.1) is 11.6 Å². The summed E-state index contributed by atoms with van der Waals surface area (Å²) in [6.45, 7) is 0. The van der Waals surface area contributed by atoms with E-state index in [9.17, 15) is 22.0 Å². The van der Waals surface area contributed by atoms with E-state index in [0.29, 0.717) is 6.07 Å². The molecule has 0 radical (unpaired) electrons. The summed E-state index contributed by atoms with van der Waals surface area (Å²) in [6, 6.07) is 0.697. The van der Waals surface area contributed by atoms with Crippen molar-refractivity contribution in [1.29, 1.82) is 0 Å². The molecule has 1 amide bonds. The van der Waals surface area contributed by atoms with E-state index in [0.717, 1.165) is 0 Å². The number of primary amides is 1. The third kappa shape index (κ3) is 2.28. The molecule has 0 bridgehead atoms. The molecule has 0 spiro atoms. The lowest BCUT2D eigenvalue weighted by molar-refractivity contribution is 0.0996. The maximum absolute atomic E-state index is 12.9. The summed E-state index contributed by atoms with van der Waals surface area (Å²) in [7, 11) is -4.36. The van der Waals surface area contributed by atoms with Crippen LogP contribution in [0.2, 0.25) is 0 Å². The largest absolute Gasteiger partial charge is 0.366 e. The van der Waals surface area contributed by atoms with Crippen molar-refractivity contribution in [2.75, 3.05) is 0 Å². The minimum Gasteiger partial charge on any atom is -0.366 e. The monoisotopic (exact) mass is 236 g/mol. The molecule has 0 atom stereocenters. The number of halogens is 2. The molecule has 0 fully saturated rings. The number of amides is 1. The molecule has 1 rings (SSSR count). The van der Waals surface area contributed by atoms with E-state index in [4.69, 9.17) is 5.73 Å². The lowest BCUT2D eigenvalue weighted by Gasteiger charge is -2.03. The summed E-state index contributed by atoms with van der Waals surface area (Å²) in [5, 5.41) is 4.63. The molecule has 4 N–H and O–H groups in total. The van der Waals surface area contributed by atoms with Crippen LogP contribution in [-0.4, -0.2) is 14.3 Å². The van der Waals surface area contributed by atoms with Crippen LogP contribution in [0.3, 0.4) is 0 Å². The molecule has 0 aromatic heterocycles. The van der Waals surface area contributed by atoms with Gasteiger partial charge in [-0.15, -0.1) is 0 Å². The highest BCUT2D eigenvalue weighted by Crippen LogP contribution is 2.17. The van der Waals surface area contributed by atoms with Gasteiger partial charge in [-0.1, -0.05) is 0 Å². The Balaban J connectivity index is 3.58. The molecule has 0 aliphatic heterocycles. The number of carbonyl (C=O) groups excluding carboxylic acids is 1. The highest BCUT2D eigenvalue weighted by atomic mass is 32.2. The molecule has 0 aliphatic carbocycles. The van der Waals surface area contributed by atoms with Crippen molar-refractivity contribution in [3.05, 3.63) is 29.3 Å². The molecule has 82 valence electrons. The van der Waals surface area contributed by atoms with Crippen molar-refractivity contribution < 1.29 is 22.0 Å². The van der Waals surface area contributed by atoms with Gasteiger partial charge in [0.25, 0.3) is 5.91 Å². The van der Waals surface area contributed by atoms with E-state index in [1.54, 1.807) is 0 Å². The number of benzene rings is 1. The first kappa shape index (κ1) is 11.5. The Morgan fingerprint density at radius 3 is 2.13 bits per heavy atom. The van der Waals surface area contributed by atoms with Crippen molar-refractivity contribution in [3.8, 4) is 0 Å². The van der Waals surface area contributed by atoms with Crippen LogP contribution in [0.4, 0.5) is 8.78 Å². The Morgan fingerprint density at radius 2 is 1.73 bits per heavy atom. The molecule has 5 nitrogen and oxygen atoms in total. The van der Waals surface area contributed by atoms with E-state index >= 15 is 0 Å². The molecule has 1 aromatic rings. The fourth-order valence-corrected chi connectivity index (χ4v) is 1.55. The number of sulfonamides is 1. The van der Waals surface area contributed by atoms with E-state index < -0.39 is 38.0 Å². The molecule has 15 heavy (non-hydrogen) atoms. The van der Waals surface area contributed by atoms with Crippen molar-refractivity contribution in [3.63, 3.8) is 0 Å². The van der Waals surface area contributed by atoms with Gasteiger partial charge in [0.1, 0.15) is 16.5 Å². The third-order valence-electron chi connectivity index (χ3n) is 1.59. The van der Waals surface area contributed by atoms with Crippen LogP contribution < -0.4 is 10.9 Å². The van der Waals surface area contributed by atoms with Crippen LogP contribution in [0.5, 0.6) is 0 Å². The summed E-state index contributed by atoms with van der Waals surface area (Å²) in [4.78, 5) is 9.66. The van der Waals surface area contributed by atoms with Gasteiger partial charge in [0.2, 0.25) is 10.0 Å². The topological polar surface area (TPSA) is 103 Å². The Morgan fingerprint density at radius 1 is 1.20 bits per heavy atom. The molecule has 1 aromatic carbocycles. The highest BCUT2D eigenvalue weighted by molar-refractivity contribution is 7.89. The number of nitrogens with two attached hydrogens (primary N) is 2. The van der Waals surface area contributed by atoms with E-state index in [1.807, 2.05) is 0 Å². The van der Waals surface area contributed by atoms with E-state index in [-0.39, 0.29) is 6.07 Å². The Labute approximate surface area is 83.7 Å². The van der Waals surface area contributed by atoms with Gasteiger partial charge in [-0.25, -0.2) is 22.3 Å². The number of rotatable bonds is 2. The minimum atomic E-state index is -4.36. The van der Waals surface area contributed by atoms with E-state index in [1.165, 1.54) is 0 Å². The zero-order valence-electron chi connectivity index (χ0n) is 7.20. The molecule has 0 saturated heterocycles. The second kappa shape index (κ2) is 3.55. The minimum absolute atomic E-state index is 0.236. The van der Waals surface area contributed by atoms with Crippen LogP contribution in [-0.2, 0) is 10.0 Å². The van der Waals surface area contributed by atoms with Crippen molar-refractivity contribution in [2.24, 2.45) is 10.9 Å². The zero-order chi connectivity index (χ0) is 11.8. The van der Waals surface area contributed by atoms with Crippen molar-refractivity contribution in [2.45, 2.75) is 4.90 Å². The van der Waals surface area contributed by atoms with Gasteiger partial charge in [0.05, 0.1) is 5.56 Å². The number of carbonyl (C=O) groups is 1. The molecule has 8 heteroatoms. The molecule has 0 unspecified atom stereocenters. The van der Waals surface area contributed by atoms with Gasteiger partial charge in [-0.05, 0) is 6.07 Å². The molecule has 0 heterocycles. The van der Waals surface area contributed by atoms with E-state index in [2.05, 4.69) is 5.14 Å². The predicted molar refractivity (Wildman–Crippen MR) is 46.2 cm³/mol. The number of primary sulfonamides is 1. The first-order chi connectivity index (χ1) is 6.73. The summed E-state index contributed by atoms with van der Waals surface area (Å²) >= 11 is 0. The van der Waals surface area contributed by atoms with Gasteiger partial charge in [0.15, 0.2) is 0 Å². The predicted octanol–water partition coefficient (Wildman–Crippen LogP) is -0.289.